The summed E-state index contributed by atoms with van der Waals surface area (Å²) in [7, 11) is 0. The first-order valence-corrected chi connectivity index (χ1v) is 13.2. The normalized spacial score (nSPS) is 17.8. The van der Waals surface area contributed by atoms with Crippen molar-refractivity contribution in [3.05, 3.63) is 46.1 Å². The molecule has 0 radical (unpaired) electrons. The third kappa shape index (κ3) is 3.07. The summed E-state index contributed by atoms with van der Waals surface area (Å²) in [5, 5.41) is 11.0. The molecule has 0 bridgehead atoms. The van der Waals surface area contributed by atoms with Gasteiger partial charge in [-0.1, -0.05) is 36.9 Å². The fourth-order valence-electron chi connectivity index (χ4n) is 5.16. The van der Waals surface area contributed by atoms with Crippen molar-refractivity contribution in [3.8, 4) is 0 Å². The highest BCUT2D eigenvalue weighted by molar-refractivity contribution is 7.99. The molecule has 1 unspecified atom stereocenters. The van der Waals surface area contributed by atoms with E-state index in [-0.39, 0.29) is 11.9 Å². The third-order valence-corrected chi connectivity index (χ3v) is 8.71. The summed E-state index contributed by atoms with van der Waals surface area (Å²) in [4.78, 5) is 22.7. The maximum atomic E-state index is 13.2. The molecule has 6 rings (SSSR count). The summed E-state index contributed by atoms with van der Waals surface area (Å²) >= 11 is 3.29. The Bertz CT molecular complexity index is 1360. The molecule has 0 N–H and O–H groups in total. The van der Waals surface area contributed by atoms with Crippen molar-refractivity contribution in [3.63, 3.8) is 0 Å². The lowest BCUT2D eigenvalue weighted by atomic mass is 9.97. The standard InChI is InChI=1S/C24H25N5OS2/c1-3-19-25-23-21(16-9-5-7-11-18(16)32-23)22-26-27-24(29(19)22)31-13-20(30)28-14(2)12-15-8-4-6-10-17(15)28/h4,6,8,10,14H,3,5,7,9,11-13H2,1-2H3. The molecule has 0 fully saturated rings. The van der Waals surface area contributed by atoms with Gasteiger partial charge in [-0.3, -0.25) is 9.20 Å². The van der Waals surface area contributed by atoms with E-state index in [1.165, 1.54) is 46.0 Å². The predicted molar refractivity (Wildman–Crippen MR) is 130 cm³/mol. The number of amides is 1. The number of thiophene rings is 1. The number of carbonyl (C=O) groups excluding carboxylic acids is 1. The molecule has 2 aliphatic rings. The second-order valence-electron chi connectivity index (χ2n) is 8.65. The van der Waals surface area contributed by atoms with Crippen molar-refractivity contribution >= 4 is 50.6 Å². The van der Waals surface area contributed by atoms with Gasteiger partial charge >= 0.3 is 0 Å². The van der Waals surface area contributed by atoms with Crippen LogP contribution in [0.5, 0.6) is 0 Å². The van der Waals surface area contributed by atoms with Crippen LogP contribution in [0.4, 0.5) is 5.69 Å². The summed E-state index contributed by atoms with van der Waals surface area (Å²) in [5.41, 5.74) is 4.60. The van der Waals surface area contributed by atoms with E-state index in [0.717, 1.165) is 52.8 Å². The minimum absolute atomic E-state index is 0.115. The number of nitrogens with zero attached hydrogens (tertiary/aromatic N) is 5. The molecular weight excluding hydrogens is 438 g/mol. The lowest BCUT2D eigenvalue weighted by molar-refractivity contribution is -0.116. The molecule has 8 heteroatoms. The number of aryl methyl sites for hydroxylation is 3. The number of hydrogen-bond donors (Lipinski definition) is 0. The van der Waals surface area contributed by atoms with Gasteiger partial charge in [0.2, 0.25) is 5.91 Å². The Morgan fingerprint density at radius 1 is 1.22 bits per heavy atom. The molecule has 32 heavy (non-hydrogen) atoms. The molecule has 3 aromatic heterocycles. The zero-order valence-corrected chi connectivity index (χ0v) is 19.9. The van der Waals surface area contributed by atoms with Gasteiger partial charge in [0.15, 0.2) is 10.8 Å². The SMILES string of the molecule is CCc1nc2sc3c(c2c2nnc(SCC(=O)N4c5ccccc5CC4C)n12)CCCC3. The number of fused-ring (bicyclic) bond motifs is 6. The number of hydrogen-bond acceptors (Lipinski definition) is 6. The van der Waals surface area contributed by atoms with Crippen molar-refractivity contribution in [2.45, 2.75) is 63.6 Å². The van der Waals surface area contributed by atoms with Crippen LogP contribution in [0.25, 0.3) is 15.9 Å². The van der Waals surface area contributed by atoms with Crippen LogP contribution in [0.1, 0.15) is 48.5 Å². The van der Waals surface area contributed by atoms with Gasteiger partial charge in [-0.25, -0.2) is 4.98 Å². The average molecular weight is 464 g/mol. The van der Waals surface area contributed by atoms with E-state index in [0.29, 0.717) is 5.75 Å². The molecule has 4 heterocycles. The Labute approximate surface area is 195 Å². The number of benzene rings is 1. The molecule has 1 amide bonds. The number of rotatable bonds is 4. The van der Waals surface area contributed by atoms with Crippen molar-refractivity contribution < 1.29 is 4.79 Å². The largest absolute Gasteiger partial charge is 0.308 e. The van der Waals surface area contributed by atoms with E-state index in [1.54, 1.807) is 0 Å². The van der Waals surface area contributed by atoms with Crippen LogP contribution >= 0.6 is 23.1 Å². The first-order chi connectivity index (χ1) is 15.7. The Kier molecular flexibility index (Phi) is 4.95. The number of aromatic nitrogens is 4. The summed E-state index contributed by atoms with van der Waals surface area (Å²) in [6.45, 7) is 4.23. The summed E-state index contributed by atoms with van der Waals surface area (Å²) < 4.78 is 2.09. The highest BCUT2D eigenvalue weighted by Crippen LogP contribution is 2.38. The quantitative estimate of drug-likeness (QED) is 0.405. The second-order valence-corrected chi connectivity index (χ2v) is 10.7. The van der Waals surface area contributed by atoms with E-state index in [9.17, 15) is 4.79 Å². The first kappa shape index (κ1) is 20.2. The number of thioether (sulfide) groups is 1. The summed E-state index contributed by atoms with van der Waals surface area (Å²) in [5.74, 6) is 1.41. The monoisotopic (exact) mass is 463 g/mol. The lowest BCUT2D eigenvalue weighted by Gasteiger charge is -2.22. The zero-order chi connectivity index (χ0) is 21.8. The summed E-state index contributed by atoms with van der Waals surface area (Å²) in [6, 6.07) is 8.39. The van der Waals surface area contributed by atoms with Gasteiger partial charge < -0.3 is 4.90 Å². The van der Waals surface area contributed by atoms with Gasteiger partial charge in [-0.2, -0.15) is 0 Å². The van der Waals surface area contributed by atoms with Gasteiger partial charge in [0.25, 0.3) is 0 Å². The molecule has 4 aromatic rings. The van der Waals surface area contributed by atoms with Crippen molar-refractivity contribution in [1.29, 1.82) is 0 Å². The van der Waals surface area contributed by atoms with E-state index in [2.05, 4.69) is 34.5 Å². The molecule has 1 aliphatic carbocycles. The topological polar surface area (TPSA) is 63.4 Å². The fraction of sp³-hybridized carbons (Fsp3) is 0.417. The molecule has 0 spiro atoms. The lowest BCUT2D eigenvalue weighted by Crippen LogP contribution is -2.37. The van der Waals surface area contributed by atoms with Crippen LogP contribution in [0.3, 0.4) is 0 Å². The minimum atomic E-state index is 0.115. The van der Waals surface area contributed by atoms with Crippen LogP contribution in [0, 0.1) is 0 Å². The second kappa shape index (κ2) is 7.85. The molecule has 1 atom stereocenters. The van der Waals surface area contributed by atoms with Crippen LogP contribution in [-0.4, -0.2) is 37.3 Å². The van der Waals surface area contributed by atoms with E-state index in [4.69, 9.17) is 4.98 Å². The number of para-hydroxylation sites is 1. The summed E-state index contributed by atoms with van der Waals surface area (Å²) in [6.07, 6.45) is 6.42. The van der Waals surface area contributed by atoms with Gasteiger partial charge in [0.1, 0.15) is 10.7 Å². The van der Waals surface area contributed by atoms with Gasteiger partial charge in [-0.05, 0) is 56.2 Å². The number of anilines is 1. The van der Waals surface area contributed by atoms with Gasteiger partial charge in [0.05, 0.1) is 11.1 Å². The maximum Gasteiger partial charge on any atom is 0.237 e. The van der Waals surface area contributed by atoms with Crippen molar-refractivity contribution in [2.75, 3.05) is 10.7 Å². The number of carbonyl (C=O) groups is 1. The van der Waals surface area contributed by atoms with Crippen LogP contribution in [-0.2, 0) is 30.5 Å². The Balaban J connectivity index is 1.34. The van der Waals surface area contributed by atoms with E-state index in [1.807, 2.05) is 34.4 Å². The molecule has 6 nitrogen and oxygen atoms in total. The van der Waals surface area contributed by atoms with E-state index < -0.39 is 0 Å². The Hall–Kier alpha value is -2.45. The zero-order valence-electron chi connectivity index (χ0n) is 18.3. The van der Waals surface area contributed by atoms with E-state index >= 15 is 0 Å². The molecule has 1 aliphatic heterocycles. The highest BCUT2D eigenvalue weighted by Gasteiger charge is 2.31. The molecule has 1 aromatic carbocycles. The van der Waals surface area contributed by atoms with Crippen molar-refractivity contribution in [2.24, 2.45) is 0 Å². The fourth-order valence-corrected chi connectivity index (χ4v) is 7.25. The molecule has 164 valence electrons. The first-order valence-electron chi connectivity index (χ1n) is 11.4. The Morgan fingerprint density at radius 2 is 2.06 bits per heavy atom. The van der Waals surface area contributed by atoms with Crippen LogP contribution in [0.2, 0.25) is 0 Å². The maximum absolute atomic E-state index is 13.2. The minimum Gasteiger partial charge on any atom is -0.308 e. The molecule has 0 saturated heterocycles. The van der Waals surface area contributed by atoms with Crippen molar-refractivity contribution in [1.82, 2.24) is 19.6 Å². The molecule has 0 saturated carbocycles. The van der Waals surface area contributed by atoms with Gasteiger partial charge in [-0.15, -0.1) is 21.5 Å². The smallest absolute Gasteiger partial charge is 0.237 e. The third-order valence-electron chi connectivity index (χ3n) is 6.62. The van der Waals surface area contributed by atoms with Gasteiger partial charge in [0, 0.05) is 23.0 Å². The predicted octanol–water partition coefficient (Wildman–Crippen LogP) is 4.85. The average Bonchev–Trinajstić information content (AvgIpc) is 3.48. The molecular formula is C24H25N5OS2. The van der Waals surface area contributed by atoms with Crippen LogP contribution in [0.15, 0.2) is 29.4 Å². The highest BCUT2D eigenvalue weighted by atomic mass is 32.2. The van der Waals surface area contributed by atoms with Crippen LogP contribution < -0.4 is 4.90 Å². The Morgan fingerprint density at radius 3 is 2.94 bits per heavy atom.